The van der Waals surface area contributed by atoms with E-state index in [4.69, 9.17) is 9.47 Å². The van der Waals surface area contributed by atoms with Gasteiger partial charge in [-0.1, -0.05) is 0 Å². The minimum atomic E-state index is -1.01. The molecule has 0 aromatic heterocycles. The molecule has 5 heteroatoms. The molecule has 4 nitrogen and oxygen atoms in total. The van der Waals surface area contributed by atoms with E-state index in [1.54, 1.807) is 0 Å². The average molecular weight is 367 g/mol. The van der Waals surface area contributed by atoms with Crippen LogP contribution in [0.25, 0.3) is 0 Å². The van der Waals surface area contributed by atoms with Crippen molar-refractivity contribution in [3.05, 3.63) is 0 Å². The van der Waals surface area contributed by atoms with Crippen molar-refractivity contribution in [3.63, 3.8) is 0 Å². The van der Waals surface area contributed by atoms with Crippen molar-refractivity contribution in [2.24, 2.45) is 5.92 Å². The van der Waals surface area contributed by atoms with E-state index in [9.17, 15) is 9.59 Å². The third-order valence-electron chi connectivity index (χ3n) is 3.73. The molecular formula is C13H20IO4-. The Balaban J connectivity index is 2.33. The maximum absolute atomic E-state index is 11.4. The monoisotopic (exact) mass is 367 g/mol. The minimum absolute atomic E-state index is 0.0580. The Kier molecular flexibility index (Phi) is 3.64. The van der Waals surface area contributed by atoms with Crippen molar-refractivity contribution >= 4 is 11.9 Å². The van der Waals surface area contributed by atoms with Gasteiger partial charge in [0.05, 0.1) is 0 Å². The van der Waals surface area contributed by atoms with Crippen molar-refractivity contribution in [2.75, 3.05) is 0 Å². The molecule has 0 aromatic rings. The Morgan fingerprint density at radius 1 is 1.17 bits per heavy atom. The molecule has 0 spiro atoms. The number of ether oxygens (including phenoxy) is 2. The molecule has 2 aliphatic rings. The number of fused-ring (bicyclic) bond motifs is 2. The fourth-order valence-electron chi connectivity index (χ4n) is 3.21. The third kappa shape index (κ3) is 2.51. The molecule has 2 atom stereocenters. The number of hydrogen-bond acceptors (Lipinski definition) is 4. The van der Waals surface area contributed by atoms with Crippen LogP contribution in [0, 0.1) is 5.92 Å². The third-order valence-corrected chi connectivity index (χ3v) is 8.09. The predicted octanol–water partition coefficient (Wildman–Crippen LogP) is -1.14. The fourth-order valence-corrected chi connectivity index (χ4v) is 8.03. The number of carbonyl (C=O) groups excluding carboxylic acids is 2. The number of carbonyl (C=O) groups is 2. The Bertz CT molecular complexity index is 361. The molecule has 104 valence electrons. The zero-order valence-electron chi connectivity index (χ0n) is 11.3. The molecule has 2 rings (SSSR count). The molecule has 1 saturated heterocycles. The van der Waals surface area contributed by atoms with E-state index >= 15 is 0 Å². The molecule has 18 heavy (non-hydrogen) atoms. The molecule has 2 fully saturated rings. The van der Waals surface area contributed by atoms with Crippen LogP contribution < -0.4 is 21.2 Å². The van der Waals surface area contributed by atoms with Gasteiger partial charge in [0.15, 0.2) is 0 Å². The second kappa shape index (κ2) is 4.65. The zero-order chi connectivity index (χ0) is 13.6. The summed E-state index contributed by atoms with van der Waals surface area (Å²) in [6.07, 6.45) is 2.69. The van der Waals surface area contributed by atoms with Gasteiger partial charge in [-0.15, -0.1) is 0 Å². The molecule has 1 aliphatic heterocycles. The average Bonchev–Trinajstić information content (AvgIpc) is 2.44. The van der Waals surface area contributed by atoms with Gasteiger partial charge in [-0.05, 0) is 0 Å². The first-order valence-electron chi connectivity index (χ1n) is 6.29. The normalized spacial score (nSPS) is 32.2. The van der Waals surface area contributed by atoms with Crippen LogP contribution in [0.15, 0.2) is 0 Å². The van der Waals surface area contributed by atoms with Crippen molar-refractivity contribution in [3.8, 4) is 0 Å². The number of hydrogen-bond donors (Lipinski definition) is 0. The Morgan fingerprint density at radius 2 is 1.72 bits per heavy atom. The summed E-state index contributed by atoms with van der Waals surface area (Å²) >= 11 is 0.0580. The van der Waals surface area contributed by atoms with E-state index in [0.717, 1.165) is 16.8 Å². The van der Waals surface area contributed by atoms with Gasteiger partial charge in [0.2, 0.25) is 0 Å². The second-order valence-electron chi connectivity index (χ2n) is 5.60. The first-order chi connectivity index (χ1) is 8.25. The summed E-state index contributed by atoms with van der Waals surface area (Å²) in [4.78, 5) is 22.8. The van der Waals surface area contributed by atoms with Gasteiger partial charge in [0.25, 0.3) is 0 Å². The molecule has 1 heterocycles. The fraction of sp³-hybridized carbons (Fsp3) is 0.846. The summed E-state index contributed by atoms with van der Waals surface area (Å²) < 4.78 is 11.9. The summed E-state index contributed by atoms with van der Waals surface area (Å²) in [5.41, 5.74) is 0. The van der Waals surface area contributed by atoms with Crippen molar-refractivity contribution in [1.82, 2.24) is 0 Å². The molecule has 0 amide bonds. The molecule has 1 aliphatic carbocycles. The van der Waals surface area contributed by atoms with Crippen LogP contribution in [0.5, 0.6) is 0 Å². The van der Waals surface area contributed by atoms with Crippen molar-refractivity contribution in [1.29, 1.82) is 0 Å². The first kappa shape index (κ1) is 14.1. The molecule has 2 bridgehead atoms. The molecular weight excluding hydrogens is 347 g/mol. The number of rotatable bonds is 2. The van der Waals surface area contributed by atoms with E-state index < -0.39 is 5.79 Å². The van der Waals surface area contributed by atoms with Crippen molar-refractivity contribution < 1.29 is 40.3 Å². The summed E-state index contributed by atoms with van der Waals surface area (Å²) in [7, 11) is 0. The van der Waals surface area contributed by atoms with Crippen LogP contribution in [-0.2, 0) is 19.1 Å². The standard InChI is InChI=1S/C13H20IO4/c1-8(15)17-13(18-9(2)16)6-5-10-7-11(13)12(3,4)14-10/h10-11H,5-7H2,1-4H3/q-1. The van der Waals surface area contributed by atoms with Gasteiger partial charge in [-0.2, -0.15) is 0 Å². The van der Waals surface area contributed by atoms with Crippen LogP contribution in [0.1, 0.15) is 47.0 Å². The number of alkyl halides is 2. The van der Waals surface area contributed by atoms with Gasteiger partial charge in [0.1, 0.15) is 0 Å². The zero-order valence-corrected chi connectivity index (χ0v) is 13.4. The van der Waals surface area contributed by atoms with Crippen LogP contribution >= 0.6 is 0 Å². The van der Waals surface area contributed by atoms with Gasteiger partial charge in [0, 0.05) is 0 Å². The maximum atomic E-state index is 11.4. The van der Waals surface area contributed by atoms with E-state index in [1.807, 2.05) is 0 Å². The number of esters is 2. The van der Waals surface area contributed by atoms with Crippen molar-refractivity contribution in [2.45, 2.75) is 60.1 Å². The van der Waals surface area contributed by atoms with Gasteiger partial charge in [-0.3, -0.25) is 0 Å². The van der Waals surface area contributed by atoms with Gasteiger partial charge in [-0.25, -0.2) is 0 Å². The van der Waals surface area contributed by atoms with E-state index in [2.05, 4.69) is 13.8 Å². The quantitative estimate of drug-likeness (QED) is 0.268. The molecule has 0 aromatic carbocycles. The summed E-state index contributed by atoms with van der Waals surface area (Å²) in [6, 6.07) is 0. The van der Waals surface area contributed by atoms with Crippen LogP contribution in [-0.4, -0.2) is 25.1 Å². The molecule has 1 saturated carbocycles. The Morgan fingerprint density at radius 3 is 2.22 bits per heavy atom. The SMILES string of the molecule is CC(=O)OC1(OC(C)=O)CCC2CC1C(C)(C)[I-]2. The van der Waals surface area contributed by atoms with Crippen LogP contribution in [0.2, 0.25) is 0 Å². The van der Waals surface area contributed by atoms with Gasteiger partial charge >= 0.3 is 118 Å². The van der Waals surface area contributed by atoms with E-state index in [0.29, 0.717) is 6.42 Å². The van der Waals surface area contributed by atoms with Gasteiger partial charge < -0.3 is 0 Å². The Hall–Kier alpha value is -0.330. The summed E-state index contributed by atoms with van der Waals surface area (Å²) in [5, 5.41) is 0. The predicted molar refractivity (Wildman–Crippen MR) is 61.5 cm³/mol. The first-order valence-corrected chi connectivity index (χ1v) is 8.61. The molecule has 0 N–H and O–H groups in total. The van der Waals surface area contributed by atoms with E-state index in [1.165, 1.54) is 13.8 Å². The second-order valence-corrected chi connectivity index (χ2v) is 10.8. The van der Waals surface area contributed by atoms with Crippen LogP contribution in [0.3, 0.4) is 0 Å². The molecule has 0 radical (unpaired) electrons. The summed E-state index contributed by atoms with van der Waals surface area (Å²) in [6.45, 7) is 7.21. The van der Waals surface area contributed by atoms with E-state index in [-0.39, 0.29) is 42.5 Å². The summed E-state index contributed by atoms with van der Waals surface area (Å²) in [5.74, 6) is -1.58. The Labute approximate surface area is 118 Å². The number of halogens is 1. The topological polar surface area (TPSA) is 52.6 Å². The van der Waals surface area contributed by atoms with Crippen LogP contribution in [0.4, 0.5) is 0 Å². The molecule has 2 unspecified atom stereocenters.